The molecule has 102 valence electrons. The smallest absolute Gasteiger partial charge is 0.241 e. The van der Waals surface area contributed by atoms with Gasteiger partial charge in [0, 0.05) is 24.3 Å². The van der Waals surface area contributed by atoms with Crippen molar-refractivity contribution in [3.63, 3.8) is 0 Å². The minimum Gasteiger partial charge on any atom is -0.349 e. The van der Waals surface area contributed by atoms with Crippen molar-refractivity contribution in [2.45, 2.75) is 12.6 Å². The number of nitrogens with zero attached hydrogens (tertiary/aromatic N) is 3. The van der Waals surface area contributed by atoms with E-state index < -0.39 is 0 Å². The molecule has 0 aromatic carbocycles. The number of carbonyl (C=O) groups excluding carboxylic acids is 1. The van der Waals surface area contributed by atoms with Gasteiger partial charge in [0.25, 0.3) is 0 Å². The predicted molar refractivity (Wildman–Crippen MR) is 75.9 cm³/mol. The van der Waals surface area contributed by atoms with Crippen molar-refractivity contribution >= 4 is 17.2 Å². The maximum Gasteiger partial charge on any atom is 0.241 e. The monoisotopic (exact) mass is 287 g/mol. The van der Waals surface area contributed by atoms with Crippen LogP contribution in [0.3, 0.4) is 0 Å². The molecule has 0 fully saturated rings. The fraction of sp³-hybridized carbons (Fsp3) is 0.231. The number of hydrogen-bond donors (Lipinski definition) is 2. The maximum atomic E-state index is 11.8. The van der Waals surface area contributed by atoms with E-state index in [9.17, 15) is 4.79 Å². The molecular weight excluding hydrogens is 274 g/mol. The van der Waals surface area contributed by atoms with Gasteiger partial charge in [-0.2, -0.15) is 0 Å². The van der Waals surface area contributed by atoms with Crippen molar-refractivity contribution in [2.24, 2.45) is 0 Å². The van der Waals surface area contributed by atoms with Gasteiger partial charge in [0.2, 0.25) is 5.91 Å². The van der Waals surface area contributed by atoms with Crippen LogP contribution in [0.1, 0.15) is 5.69 Å². The normalized spacial score (nSPS) is 17.3. The zero-order valence-corrected chi connectivity index (χ0v) is 11.4. The molecule has 2 aromatic heterocycles. The summed E-state index contributed by atoms with van der Waals surface area (Å²) in [6.45, 7) is 1.16. The third-order valence-corrected chi connectivity index (χ3v) is 3.76. The van der Waals surface area contributed by atoms with Gasteiger partial charge in [0.1, 0.15) is 16.7 Å². The first-order valence-electron chi connectivity index (χ1n) is 6.21. The molecule has 1 amide bonds. The summed E-state index contributed by atoms with van der Waals surface area (Å²) in [7, 11) is 0. The molecule has 7 heteroatoms. The Bertz CT molecular complexity index is 625. The lowest BCUT2D eigenvalue weighted by molar-refractivity contribution is -0.122. The van der Waals surface area contributed by atoms with E-state index in [1.54, 1.807) is 18.6 Å². The fourth-order valence-corrected chi connectivity index (χ4v) is 2.63. The molecule has 0 radical (unpaired) electrons. The molecule has 2 N–H and O–H groups in total. The third kappa shape index (κ3) is 2.89. The van der Waals surface area contributed by atoms with Crippen LogP contribution in [-0.4, -0.2) is 33.4 Å². The highest BCUT2D eigenvalue weighted by Gasteiger charge is 2.17. The molecule has 20 heavy (non-hydrogen) atoms. The highest BCUT2D eigenvalue weighted by molar-refractivity contribution is 7.13. The molecule has 0 spiro atoms. The second-order valence-corrected chi connectivity index (χ2v) is 5.12. The van der Waals surface area contributed by atoms with Gasteiger partial charge in [-0.1, -0.05) is 12.2 Å². The third-order valence-electron chi connectivity index (χ3n) is 2.84. The Morgan fingerprint density at radius 3 is 3.20 bits per heavy atom. The number of nitrogens with one attached hydrogen (secondary N) is 2. The molecule has 0 saturated heterocycles. The van der Waals surface area contributed by atoms with Crippen LogP contribution in [0.15, 0.2) is 36.1 Å². The van der Waals surface area contributed by atoms with Crippen LogP contribution in [0, 0.1) is 0 Å². The van der Waals surface area contributed by atoms with Crippen molar-refractivity contribution in [1.29, 1.82) is 0 Å². The van der Waals surface area contributed by atoms with E-state index in [0.717, 1.165) is 22.9 Å². The molecule has 0 aliphatic carbocycles. The molecule has 2 aromatic rings. The zero-order chi connectivity index (χ0) is 13.8. The van der Waals surface area contributed by atoms with Crippen LogP contribution in [-0.2, 0) is 11.3 Å². The van der Waals surface area contributed by atoms with Crippen molar-refractivity contribution in [3.8, 4) is 10.7 Å². The SMILES string of the molecule is O=C(NCc1csc(-c2cnccn2)n1)C1C=CCN1. The van der Waals surface area contributed by atoms with Gasteiger partial charge in [0.05, 0.1) is 18.4 Å². The van der Waals surface area contributed by atoms with Crippen LogP contribution in [0.25, 0.3) is 10.7 Å². The lowest BCUT2D eigenvalue weighted by atomic mass is 10.3. The largest absolute Gasteiger partial charge is 0.349 e. The number of aromatic nitrogens is 3. The maximum absolute atomic E-state index is 11.8. The topological polar surface area (TPSA) is 79.8 Å². The first-order chi connectivity index (χ1) is 9.83. The summed E-state index contributed by atoms with van der Waals surface area (Å²) in [5.74, 6) is -0.0344. The second-order valence-electron chi connectivity index (χ2n) is 4.27. The van der Waals surface area contributed by atoms with Gasteiger partial charge >= 0.3 is 0 Å². The van der Waals surface area contributed by atoms with Crippen LogP contribution < -0.4 is 10.6 Å². The summed E-state index contributed by atoms with van der Waals surface area (Å²) in [5, 5.41) is 8.65. The molecule has 3 rings (SSSR count). The van der Waals surface area contributed by atoms with E-state index in [1.807, 2.05) is 17.5 Å². The first-order valence-corrected chi connectivity index (χ1v) is 7.09. The summed E-state index contributed by atoms with van der Waals surface area (Å²) < 4.78 is 0. The van der Waals surface area contributed by atoms with Gasteiger partial charge < -0.3 is 5.32 Å². The van der Waals surface area contributed by atoms with E-state index >= 15 is 0 Å². The Labute approximate surface area is 120 Å². The highest BCUT2D eigenvalue weighted by atomic mass is 32.1. The fourth-order valence-electron chi connectivity index (χ4n) is 1.85. The number of amides is 1. The van der Waals surface area contributed by atoms with Gasteiger partial charge in [-0.25, -0.2) is 4.98 Å². The van der Waals surface area contributed by atoms with Crippen molar-refractivity contribution in [2.75, 3.05) is 6.54 Å². The Morgan fingerprint density at radius 2 is 2.45 bits per heavy atom. The standard InChI is InChI=1S/C13H13N5OS/c19-12(10-2-1-3-15-10)17-6-9-8-20-13(18-9)11-7-14-4-5-16-11/h1-2,4-5,7-8,10,15H,3,6H2,(H,17,19). The molecule has 1 aliphatic heterocycles. The average molecular weight is 287 g/mol. The summed E-state index contributed by atoms with van der Waals surface area (Å²) in [5.41, 5.74) is 1.57. The number of thiazole rings is 1. The Hall–Kier alpha value is -2.12. The van der Waals surface area contributed by atoms with Gasteiger partial charge in [-0.15, -0.1) is 11.3 Å². The highest BCUT2D eigenvalue weighted by Crippen LogP contribution is 2.20. The molecule has 0 bridgehead atoms. The van der Waals surface area contributed by atoms with Crippen LogP contribution in [0.2, 0.25) is 0 Å². The van der Waals surface area contributed by atoms with E-state index in [-0.39, 0.29) is 11.9 Å². The number of carbonyl (C=O) groups is 1. The molecular formula is C13H13N5OS. The molecule has 1 unspecified atom stereocenters. The summed E-state index contributed by atoms with van der Waals surface area (Å²) >= 11 is 1.49. The molecule has 1 atom stereocenters. The lowest BCUT2D eigenvalue weighted by Gasteiger charge is -2.08. The number of rotatable bonds is 4. The lowest BCUT2D eigenvalue weighted by Crippen LogP contribution is -2.40. The predicted octanol–water partition coefficient (Wildman–Crippen LogP) is 0.744. The van der Waals surface area contributed by atoms with Crippen LogP contribution in [0.5, 0.6) is 0 Å². The first kappa shape index (κ1) is 12.9. The molecule has 6 nitrogen and oxygen atoms in total. The van der Waals surface area contributed by atoms with Crippen molar-refractivity contribution in [1.82, 2.24) is 25.6 Å². The minimum atomic E-state index is -0.229. The second kappa shape index (κ2) is 5.89. The van der Waals surface area contributed by atoms with E-state index in [4.69, 9.17) is 0 Å². The van der Waals surface area contributed by atoms with Gasteiger partial charge in [-0.3, -0.25) is 20.1 Å². The summed E-state index contributed by atoms with van der Waals surface area (Å²) in [6, 6.07) is -0.229. The minimum absolute atomic E-state index is 0.0344. The zero-order valence-electron chi connectivity index (χ0n) is 10.6. The molecule has 0 saturated carbocycles. The van der Waals surface area contributed by atoms with Crippen molar-refractivity contribution < 1.29 is 4.79 Å². The Balaban J connectivity index is 1.60. The average Bonchev–Trinajstić information content (AvgIpc) is 3.17. The Kier molecular flexibility index (Phi) is 3.80. The van der Waals surface area contributed by atoms with E-state index in [2.05, 4.69) is 25.6 Å². The quantitative estimate of drug-likeness (QED) is 0.811. The van der Waals surface area contributed by atoms with E-state index in [1.165, 1.54) is 11.3 Å². The number of hydrogen-bond acceptors (Lipinski definition) is 6. The molecule has 3 heterocycles. The van der Waals surface area contributed by atoms with Gasteiger partial charge in [-0.05, 0) is 0 Å². The van der Waals surface area contributed by atoms with Crippen molar-refractivity contribution in [3.05, 3.63) is 41.8 Å². The Morgan fingerprint density at radius 1 is 1.50 bits per heavy atom. The van der Waals surface area contributed by atoms with Crippen LogP contribution in [0.4, 0.5) is 0 Å². The van der Waals surface area contributed by atoms with Crippen LogP contribution >= 0.6 is 11.3 Å². The van der Waals surface area contributed by atoms with E-state index in [0.29, 0.717) is 6.54 Å². The molecule has 1 aliphatic rings. The van der Waals surface area contributed by atoms with Gasteiger partial charge in [0.15, 0.2) is 0 Å². The summed E-state index contributed by atoms with van der Waals surface area (Å²) in [4.78, 5) is 24.5. The summed E-state index contributed by atoms with van der Waals surface area (Å²) in [6.07, 6.45) is 8.74.